The Hall–Kier alpha value is -1.18. The van der Waals surface area contributed by atoms with E-state index in [0.717, 1.165) is 32.1 Å². The van der Waals surface area contributed by atoms with E-state index < -0.39 is 24.3 Å². The molecule has 3 heterocycles. The molecule has 1 N–H and O–H groups in total. The lowest BCUT2D eigenvalue weighted by atomic mass is 9.38. The lowest BCUT2D eigenvalue weighted by Gasteiger charge is -2.67. The number of hydrogen-bond acceptors (Lipinski definition) is 7. The number of fused-ring (bicyclic) bond motifs is 7. The molecule has 11 atom stereocenters. The first-order valence-electron chi connectivity index (χ1n) is 13.4. The summed E-state index contributed by atoms with van der Waals surface area (Å²) in [7, 11) is 0. The van der Waals surface area contributed by atoms with Gasteiger partial charge in [-0.1, -0.05) is 27.2 Å². The van der Waals surface area contributed by atoms with Crippen molar-refractivity contribution >= 4 is 11.9 Å². The van der Waals surface area contributed by atoms with Crippen LogP contribution in [0.15, 0.2) is 0 Å². The van der Waals surface area contributed by atoms with Gasteiger partial charge in [-0.05, 0) is 78.9 Å². The fraction of sp³-hybridized carbons (Fsp3) is 0.926. The summed E-state index contributed by atoms with van der Waals surface area (Å²) < 4.78 is 24.2. The van der Waals surface area contributed by atoms with Gasteiger partial charge in [-0.2, -0.15) is 0 Å². The molecule has 6 fully saturated rings. The zero-order valence-electron chi connectivity index (χ0n) is 21.0. The lowest BCUT2D eigenvalue weighted by molar-refractivity contribution is -0.225. The lowest BCUT2D eigenvalue weighted by Crippen LogP contribution is -2.61. The van der Waals surface area contributed by atoms with Crippen molar-refractivity contribution in [3.8, 4) is 0 Å². The highest BCUT2D eigenvalue weighted by Crippen LogP contribution is 2.71. The normalized spacial score (nSPS) is 55.8. The van der Waals surface area contributed by atoms with E-state index in [1.54, 1.807) is 0 Å². The highest BCUT2D eigenvalue weighted by molar-refractivity contribution is 5.74. The van der Waals surface area contributed by atoms with Crippen LogP contribution < -0.4 is 0 Å². The molecular weight excluding hydrogens is 436 g/mol. The summed E-state index contributed by atoms with van der Waals surface area (Å²) in [5.74, 6) is 0.814. The summed E-state index contributed by atoms with van der Waals surface area (Å²) in [4.78, 5) is 24.4. The van der Waals surface area contributed by atoms with Crippen LogP contribution in [0.1, 0.15) is 85.5 Å². The summed E-state index contributed by atoms with van der Waals surface area (Å²) in [5.41, 5.74) is -0.788. The maximum absolute atomic E-state index is 12.2. The molecule has 3 aliphatic carbocycles. The Labute approximate surface area is 202 Å². The minimum atomic E-state index is -1.03. The monoisotopic (exact) mass is 476 g/mol. The van der Waals surface area contributed by atoms with E-state index in [9.17, 15) is 14.7 Å². The van der Waals surface area contributed by atoms with E-state index in [0.29, 0.717) is 18.3 Å². The molecule has 2 unspecified atom stereocenters. The predicted octanol–water partition coefficient (Wildman–Crippen LogP) is 3.95. The molecule has 3 saturated carbocycles. The van der Waals surface area contributed by atoms with Crippen molar-refractivity contribution in [2.75, 3.05) is 6.61 Å². The van der Waals surface area contributed by atoms with Crippen molar-refractivity contribution in [1.82, 2.24) is 0 Å². The summed E-state index contributed by atoms with van der Waals surface area (Å²) >= 11 is 0. The first-order chi connectivity index (χ1) is 16.1. The van der Waals surface area contributed by atoms with Gasteiger partial charge in [-0.3, -0.25) is 9.59 Å². The van der Waals surface area contributed by atoms with Crippen molar-refractivity contribution in [1.29, 1.82) is 0 Å². The fourth-order valence-electron chi connectivity index (χ4n) is 10.1. The average Bonchev–Trinajstić information content (AvgIpc) is 3.21. The first-order valence-corrected chi connectivity index (χ1v) is 13.4. The Morgan fingerprint density at radius 3 is 2.62 bits per heavy atom. The molecule has 6 rings (SSSR count). The summed E-state index contributed by atoms with van der Waals surface area (Å²) in [6.45, 7) is 8.93. The SMILES string of the molecule is CC(=O)O[C@@H]1C[C@@H]2[C@H](CCC3[C@@]4(C)CCC[C@](C)(CO)C4CC[C@]32C)[C@H]2O[C@H]3OC(=O)C[C@@]31O2. The Morgan fingerprint density at radius 1 is 1.09 bits per heavy atom. The zero-order chi connectivity index (χ0) is 24.1. The Kier molecular flexibility index (Phi) is 5.07. The minimum Gasteiger partial charge on any atom is -0.459 e. The number of carbonyl (C=O) groups is 2. The molecule has 0 amide bonds. The van der Waals surface area contributed by atoms with Crippen LogP contribution in [-0.2, 0) is 28.5 Å². The highest BCUT2D eigenvalue weighted by atomic mass is 16.8. The van der Waals surface area contributed by atoms with E-state index in [-0.39, 0.29) is 53.0 Å². The van der Waals surface area contributed by atoms with Crippen LogP contribution in [-0.4, -0.2) is 47.9 Å². The summed E-state index contributed by atoms with van der Waals surface area (Å²) in [5, 5.41) is 10.4. The molecule has 190 valence electrons. The summed E-state index contributed by atoms with van der Waals surface area (Å²) in [6.07, 6.45) is 6.78. The van der Waals surface area contributed by atoms with E-state index >= 15 is 0 Å². The molecule has 1 spiro atoms. The van der Waals surface area contributed by atoms with Crippen molar-refractivity contribution in [2.24, 2.45) is 39.9 Å². The third kappa shape index (κ3) is 2.92. The van der Waals surface area contributed by atoms with Crippen LogP contribution in [0.2, 0.25) is 0 Å². The largest absolute Gasteiger partial charge is 0.459 e. The molecule has 6 aliphatic rings. The molecule has 0 aromatic heterocycles. The molecule has 0 radical (unpaired) electrons. The van der Waals surface area contributed by atoms with Crippen LogP contribution in [0.4, 0.5) is 0 Å². The van der Waals surface area contributed by atoms with Gasteiger partial charge in [-0.25, -0.2) is 0 Å². The number of aliphatic hydroxyl groups is 1. The molecule has 34 heavy (non-hydrogen) atoms. The quantitative estimate of drug-likeness (QED) is 0.603. The smallest absolute Gasteiger partial charge is 0.311 e. The van der Waals surface area contributed by atoms with Crippen LogP contribution in [0.5, 0.6) is 0 Å². The maximum atomic E-state index is 12.2. The second-order valence-electron chi connectivity index (χ2n) is 13.1. The molecule has 0 aromatic rings. The van der Waals surface area contributed by atoms with Gasteiger partial charge in [-0.15, -0.1) is 0 Å². The third-order valence-corrected chi connectivity index (χ3v) is 11.5. The second kappa shape index (κ2) is 7.42. The first kappa shape index (κ1) is 23.2. The third-order valence-electron chi connectivity index (χ3n) is 11.5. The molecular formula is C27H40O7. The Bertz CT molecular complexity index is 890. The van der Waals surface area contributed by atoms with Gasteiger partial charge in [0.15, 0.2) is 11.9 Å². The van der Waals surface area contributed by atoms with Gasteiger partial charge in [0, 0.05) is 19.4 Å². The minimum absolute atomic E-state index is 0.00602. The van der Waals surface area contributed by atoms with Crippen molar-refractivity contribution < 1.29 is 33.6 Å². The topological polar surface area (TPSA) is 91.3 Å². The fourth-order valence-corrected chi connectivity index (χ4v) is 10.1. The highest BCUT2D eigenvalue weighted by Gasteiger charge is 2.71. The zero-order valence-corrected chi connectivity index (χ0v) is 21.0. The van der Waals surface area contributed by atoms with E-state index in [1.807, 2.05) is 0 Å². The van der Waals surface area contributed by atoms with Gasteiger partial charge < -0.3 is 24.1 Å². The van der Waals surface area contributed by atoms with Gasteiger partial charge >= 0.3 is 11.9 Å². The molecule has 7 nitrogen and oxygen atoms in total. The molecule has 3 saturated heterocycles. The number of esters is 2. The van der Waals surface area contributed by atoms with Crippen LogP contribution in [0.3, 0.4) is 0 Å². The molecule has 2 bridgehead atoms. The van der Waals surface area contributed by atoms with Gasteiger partial charge in [0.25, 0.3) is 0 Å². The second-order valence-corrected chi connectivity index (χ2v) is 13.1. The maximum Gasteiger partial charge on any atom is 0.311 e. The number of aliphatic hydroxyl groups excluding tert-OH is 1. The Balaban J connectivity index is 1.38. The van der Waals surface area contributed by atoms with Gasteiger partial charge in [0.1, 0.15) is 6.10 Å². The average molecular weight is 477 g/mol. The van der Waals surface area contributed by atoms with Crippen LogP contribution in [0.25, 0.3) is 0 Å². The van der Waals surface area contributed by atoms with E-state index in [2.05, 4.69) is 20.8 Å². The number of hydrogen-bond donors (Lipinski definition) is 1. The van der Waals surface area contributed by atoms with Gasteiger partial charge in [0.2, 0.25) is 6.29 Å². The van der Waals surface area contributed by atoms with E-state index in [4.69, 9.17) is 18.9 Å². The van der Waals surface area contributed by atoms with Crippen LogP contribution in [0, 0.1) is 39.9 Å². The number of carbonyl (C=O) groups excluding carboxylic acids is 2. The van der Waals surface area contributed by atoms with Crippen molar-refractivity contribution in [3.63, 3.8) is 0 Å². The van der Waals surface area contributed by atoms with E-state index in [1.165, 1.54) is 19.8 Å². The predicted molar refractivity (Wildman–Crippen MR) is 121 cm³/mol. The van der Waals surface area contributed by atoms with Gasteiger partial charge in [0.05, 0.1) is 6.42 Å². The molecule has 7 heteroatoms. The standard InChI is InChI=1S/C27H40O7/c1-15(29)31-20-12-17-16(22-33-23-27(20,34-22)13-21(30)32-23)6-7-19-25(17,3)11-8-18-24(2,14-28)9-5-10-26(18,19)4/h16-20,22-23,28H,5-14H2,1-4H3/t16-,17+,18?,19?,20+,22-,23+,24+,25-,26-,27-/m0/s1. The van der Waals surface area contributed by atoms with Crippen LogP contribution >= 0.6 is 0 Å². The Morgan fingerprint density at radius 2 is 1.88 bits per heavy atom. The number of ether oxygens (including phenoxy) is 4. The number of rotatable bonds is 2. The van der Waals surface area contributed by atoms with Crippen molar-refractivity contribution in [3.05, 3.63) is 0 Å². The summed E-state index contributed by atoms with van der Waals surface area (Å²) in [6, 6.07) is 0. The van der Waals surface area contributed by atoms with Crippen molar-refractivity contribution in [2.45, 2.75) is 110 Å². The molecule has 3 aliphatic heterocycles. The molecule has 0 aromatic carbocycles.